The summed E-state index contributed by atoms with van der Waals surface area (Å²) in [5, 5.41) is 12.9. The molecule has 0 heterocycles. The number of aryl methyl sites for hydroxylation is 2. The summed E-state index contributed by atoms with van der Waals surface area (Å²) in [6, 6.07) is 11.5. The summed E-state index contributed by atoms with van der Waals surface area (Å²) in [4.78, 5) is 23.4. The summed E-state index contributed by atoms with van der Waals surface area (Å²) < 4.78 is 25.4. The van der Waals surface area contributed by atoms with Gasteiger partial charge in [0.05, 0.1) is 23.7 Å². The van der Waals surface area contributed by atoms with Gasteiger partial charge in [-0.05, 0) is 37.1 Å². The van der Waals surface area contributed by atoms with Crippen molar-refractivity contribution in [1.82, 2.24) is 5.43 Å². The number of sulfonamides is 1. The van der Waals surface area contributed by atoms with E-state index in [-0.39, 0.29) is 5.56 Å². The Morgan fingerprint density at radius 2 is 1.86 bits per heavy atom. The molecule has 148 valence electrons. The number of rotatable bonds is 7. The molecule has 2 N–H and O–H groups in total. The van der Waals surface area contributed by atoms with Gasteiger partial charge in [-0.2, -0.15) is 5.10 Å². The number of carbonyl (C=O) groups excluding carboxylic acids is 1. The second-order valence-corrected chi connectivity index (χ2v) is 8.15. The molecule has 0 aliphatic heterocycles. The fraction of sp³-hybridized carbons (Fsp3) is 0.211. The number of carboxylic acid groups (broad SMARTS) is 1. The van der Waals surface area contributed by atoms with Crippen molar-refractivity contribution in [1.29, 1.82) is 0 Å². The monoisotopic (exact) mass is 403 g/mol. The maximum Gasteiger partial charge on any atom is 0.336 e. The van der Waals surface area contributed by atoms with Gasteiger partial charge in [0, 0.05) is 5.56 Å². The molecule has 0 aliphatic carbocycles. The molecule has 28 heavy (non-hydrogen) atoms. The third kappa shape index (κ3) is 5.40. The van der Waals surface area contributed by atoms with E-state index in [4.69, 9.17) is 5.11 Å². The SMILES string of the molecule is Cc1ccc(C)c(N(CC(=O)N/N=C\c2ccccc2C(=O)O)S(C)(=O)=O)c1. The minimum absolute atomic E-state index is 0.0358. The molecule has 0 aromatic heterocycles. The van der Waals surface area contributed by atoms with Gasteiger partial charge in [-0.15, -0.1) is 0 Å². The molecule has 0 spiro atoms. The van der Waals surface area contributed by atoms with Crippen molar-refractivity contribution < 1.29 is 23.1 Å². The molecule has 0 radical (unpaired) electrons. The lowest BCUT2D eigenvalue weighted by atomic mass is 10.1. The number of amides is 1. The summed E-state index contributed by atoms with van der Waals surface area (Å²) in [7, 11) is -3.70. The first kappa shape index (κ1) is 21.1. The first-order valence-electron chi connectivity index (χ1n) is 8.29. The highest BCUT2D eigenvalue weighted by Crippen LogP contribution is 2.23. The molecule has 0 unspecified atom stereocenters. The number of nitrogens with one attached hydrogen (secondary N) is 1. The lowest BCUT2D eigenvalue weighted by Crippen LogP contribution is -2.39. The number of anilines is 1. The first-order chi connectivity index (χ1) is 13.1. The largest absolute Gasteiger partial charge is 0.478 e. The lowest BCUT2D eigenvalue weighted by molar-refractivity contribution is -0.119. The van der Waals surface area contributed by atoms with Crippen LogP contribution in [0, 0.1) is 13.8 Å². The van der Waals surface area contributed by atoms with E-state index in [0.717, 1.165) is 16.1 Å². The quantitative estimate of drug-likeness (QED) is 0.541. The third-order valence-corrected chi connectivity index (χ3v) is 5.03. The van der Waals surface area contributed by atoms with Crippen LogP contribution in [0.3, 0.4) is 0 Å². The predicted molar refractivity (Wildman–Crippen MR) is 107 cm³/mol. The Hall–Kier alpha value is -3.20. The molecule has 1 amide bonds. The standard InChI is InChI=1S/C19H21N3O5S/c1-13-8-9-14(2)17(10-13)22(28(3,26)27)12-18(23)21-20-11-15-6-4-5-7-16(15)19(24)25/h4-11H,12H2,1-3H3,(H,21,23)(H,24,25)/b20-11-. The van der Waals surface area contributed by atoms with Gasteiger partial charge >= 0.3 is 5.97 Å². The van der Waals surface area contributed by atoms with Crippen LogP contribution in [0.2, 0.25) is 0 Å². The molecule has 2 aromatic carbocycles. The fourth-order valence-electron chi connectivity index (χ4n) is 2.51. The van der Waals surface area contributed by atoms with Crippen LogP contribution in [0.4, 0.5) is 5.69 Å². The molecule has 0 saturated carbocycles. The highest BCUT2D eigenvalue weighted by molar-refractivity contribution is 7.92. The van der Waals surface area contributed by atoms with Crippen molar-refractivity contribution in [2.45, 2.75) is 13.8 Å². The summed E-state index contributed by atoms with van der Waals surface area (Å²) in [5.41, 5.74) is 4.57. The number of hydrazone groups is 1. The fourth-order valence-corrected chi connectivity index (χ4v) is 3.42. The summed E-state index contributed by atoms with van der Waals surface area (Å²) in [6.45, 7) is 3.13. The summed E-state index contributed by atoms with van der Waals surface area (Å²) in [5.74, 6) is -1.78. The average Bonchev–Trinajstić information content (AvgIpc) is 2.61. The summed E-state index contributed by atoms with van der Waals surface area (Å²) >= 11 is 0. The number of aromatic carboxylic acids is 1. The normalized spacial score (nSPS) is 11.4. The van der Waals surface area contributed by atoms with Gasteiger partial charge in [0.2, 0.25) is 10.0 Å². The van der Waals surface area contributed by atoms with E-state index in [1.54, 1.807) is 31.2 Å². The second kappa shape index (κ2) is 8.66. The van der Waals surface area contributed by atoms with Crippen LogP contribution in [0.15, 0.2) is 47.6 Å². The zero-order chi connectivity index (χ0) is 20.9. The highest BCUT2D eigenvalue weighted by atomic mass is 32.2. The van der Waals surface area contributed by atoms with E-state index >= 15 is 0 Å². The predicted octanol–water partition coefficient (Wildman–Crippen LogP) is 1.92. The van der Waals surface area contributed by atoms with Gasteiger partial charge in [-0.25, -0.2) is 18.6 Å². The number of nitrogens with zero attached hydrogens (tertiary/aromatic N) is 2. The van der Waals surface area contributed by atoms with Crippen LogP contribution in [-0.2, 0) is 14.8 Å². The lowest BCUT2D eigenvalue weighted by Gasteiger charge is -2.23. The van der Waals surface area contributed by atoms with Crippen LogP contribution in [-0.4, -0.2) is 44.4 Å². The van der Waals surface area contributed by atoms with E-state index < -0.39 is 28.4 Å². The molecular weight excluding hydrogens is 382 g/mol. The minimum atomic E-state index is -3.70. The van der Waals surface area contributed by atoms with Gasteiger partial charge in [0.1, 0.15) is 6.54 Å². The van der Waals surface area contributed by atoms with Gasteiger partial charge in [-0.3, -0.25) is 9.10 Å². The average molecular weight is 403 g/mol. The van der Waals surface area contributed by atoms with Gasteiger partial charge in [-0.1, -0.05) is 30.3 Å². The number of benzene rings is 2. The smallest absolute Gasteiger partial charge is 0.336 e. The molecule has 0 aliphatic rings. The molecule has 9 heteroatoms. The van der Waals surface area contributed by atoms with Crippen molar-refractivity contribution in [2.75, 3.05) is 17.1 Å². The molecule has 0 saturated heterocycles. The number of carboxylic acids is 1. The van der Waals surface area contributed by atoms with Crippen molar-refractivity contribution >= 4 is 33.8 Å². The van der Waals surface area contributed by atoms with E-state index in [9.17, 15) is 18.0 Å². The topological polar surface area (TPSA) is 116 Å². The van der Waals surface area contributed by atoms with Gasteiger partial charge < -0.3 is 5.11 Å². The van der Waals surface area contributed by atoms with Gasteiger partial charge in [0.15, 0.2) is 0 Å². The maximum absolute atomic E-state index is 12.2. The van der Waals surface area contributed by atoms with Crippen LogP contribution >= 0.6 is 0 Å². The number of carbonyl (C=O) groups is 2. The molecule has 2 rings (SSSR count). The van der Waals surface area contributed by atoms with Crippen LogP contribution in [0.1, 0.15) is 27.0 Å². The molecule has 2 aromatic rings. The maximum atomic E-state index is 12.2. The molecule has 0 atom stereocenters. The minimum Gasteiger partial charge on any atom is -0.478 e. The Morgan fingerprint density at radius 1 is 1.18 bits per heavy atom. The second-order valence-electron chi connectivity index (χ2n) is 6.25. The summed E-state index contributed by atoms with van der Waals surface area (Å²) in [6.07, 6.45) is 2.22. The molecule has 0 bridgehead atoms. The Labute approximate surface area is 163 Å². The van der Waals surface area contributed by atoms with E-state index in [0.29, 0.717) is 16.8 Å². The zero-order valence-electron chi connectivity index (χ0n) is 15.7. The van der Waals surface area contributed by atoms with Gasteiger partial charge in [0.25, 0.3) is 5.91 Å². The van der Waals surface area contributed by atoms with Crippen LogP contribution in [0.25, 0.3) is 0 Å². The van der Waals surface area contributed by atoms with Crippen LogP contribution < -0.4 is 9.73 Å². The first-order valence-corrected chi connectivity index (χ1v) is 10.1. The van der Waals surface area contributed by atoms with E-state index in [1.807, 2.05) is 13.0 Å². The Kier molecular flexibility index (Phi) is 6.53. The van der Waals surface area contributed by atoms with E-state index in [2.05, 4.69) is 10.5 Å². The number of hydrogen-bond donors (Lipinski definition) is 2. The van der Waals surface area contributed by atoms with Crippen LogP contribution in [0.5, 0.6) is 0 Å². The molecular formula is C19H21N3O5S. The zero-order valence-corrected chi connectivity index (χ0v) is 16.5. The Morgan fingerprint density at radius 3 is 2.50 bits per heavy atom. The Balaban J connectivity index is 2.17. The molecule has 8 nitrogen and oxygen atoms in total. The van der Waals surface area contributed by atoms with Crippen molar-refractivity contribution in [3.63, 3.8) is 0 Å². The third-order valence-electron chi connectivity index (χ3n) is 3.90. The Bertz CT molecular complexity index is 1030. The van der Waals surface area contributed by atoms with Crippen molar-refractivity contribution in [2.24, 2.45) is 5.10 Å². The van der Waals surface area contributed by atoms with E-state index in [1.165, 1.54) is 18.3 Å². The van der Waals surface area contributed by atoms with Crippen molar-refractivity contribution in [3.8, 4) is 0 Å². The number of hydrogen-bond acceptors (Lipinski definition) is 5. The van der Waals surface area contributed by atoms with Crippen molar-refractivity contribution in [3.05, 3.63) is 64.7 Å². The molecule has 0 fully saturated rings. The highest BCUT2D eigenvalue weighted by Gasteiger charge is 2.22.